The fourth-order valence-corrected chi connectivity index (χ4v) is 2.53. The maximum Gasteiger partial charge on any atom is 0.0506 e. The zero-order valence-electron chi connectivity index (χ0n) is 12.9. The van der Waals surface area contributed by atoms with Gasteiger partial charge >= 0.3 is 0 Å². The average molecular weight is 256 g/mol. The summed E-state index contributed by atoms with van der Waals surface area (Å²) in [6.45, 7) is 8.68. The highest BCUT2D eigenvalue weighted by molar-refractivity contribution is 4.69. The van der Waals surface area contributed by atoms with Gasteiger partial charge in [-0.25, -0.2) is 0 Å². The summed E-state index contributed by atoms with van der Waals surface area (Å²) in [7, 11) is 8.63. The van der Waals surface area contributed by atoms with Crippen molar-refractivity contribution in [3.63, 3.8) is 0 Å². The summed E-state index contributed by atoms with van der Waals surface area (Å²) in [5, 5.41) is 0. The van der Waals surface area contributed by atoms with E-state index in [-0.39, 0.29) is 0 Å². The molecule has 1 rings (SSSR count). The predicted octanol–water partition coefficient (Wildman–Crippen LogP) is 0.855. The number of nitrogens with zero attached hydrogens (tertiary/aromatic N) is 4. The van der Waals surface area contributed by atoms with Crippen LogP contribution >= 0.6 is 0 Å². The zero-order valence-corrected chi connectivity index (χ0v) is 12.9. The minimum absolute atomic E-state index is 1.18. The van der Waals surface area contributed by atoms with Gasteiger partial charge < -0.3 is 9.80 Å². The van der Waals surface area contributed by atoms with Crippen molar-refractivity contribution in [1.82, 2.24) is 19.6 Å². The molecule has 18 heavy (non-hydrogen) atoms. The predicted molar refractivity (Wildman–Crippen MR) is 79.0 cm³/mol. The Balaban J connectivity index is 2.11. The van der Waals surface area contributed by atoms with E-state index in [9.17, 15) is 0 Å². The molecule has 0 aromatic carbocycles. The molecule has 0 saturated carbocycles. The Morgan fingerprint density at radius 3 is 1.61 bits per heavy atom. The molecular formula is C14H32N4. The Labute approximate surface area is 114 Å². The molecule has 1 fully saturated rings. The van der Waals surface area contributed by atoms with Gasteiger partial charge in [0, 0.05) is 26.2 Å². The van der Waals surface area contributed by atoms with Gasteiger partial charge in [-0.1, -0.05) is 0 Å². The van der Waals surface area contributed by atoms with Crippen LogP contribution in [0.1, 0.15) is 19.3 Å². The molecule has 1 heterocycles. The van der Waals surface area contributed by atoms with E-state index in [2.05, 4.69) is 47.8 Å². The van der Waals surface area contributed by atoms with E-state index in [1.807, 2.05) is 0 Å². The Bertz CT molecular complexity index is 186. The second-order valence-electron chi connectivity index (χ2n) is 6.04. The quantitative estimate of drug-likeness (QED) is 0.638. The second-order valence-corrected chi connectivity index (χ2v) is 6.04. The topological polar surface area (TPSA) is 13.0 Å². The van der Waals surface area contributed by atoms with E-state index < -0.39 is 0 Å². The van der Waals surface area contributed by atoms with E-state index in [4.69, 9.17) is 0 Å². The minimum Gasteiger partial charge on any atom is -0.309 e. The van der Waals surface area contributed by atoms with Gasteiger partial charge in [0.2, 0.25) is 0 Å². The molecule has 0 aromatic heterocycles. The molecule has 0 N–H and O–H groups in total. The first-order valence-corrected chi connectivity index (χ1v) is 7.32. The van der Waals surface area contributed by atoms with Gasteiger partial charge in [-0.05, 0) is 60.5 Å². The van der Waals surface area contributed by atoms with Gasteiger partial charge in [-0.3, -0.25) is 9.80 Å². The molecular weight excluding hydrogens is 224 g/mol. The number of hydrogen-bond acceptors (Lipinski definition) is 4. The summed E-state index contributed by atoms with van der Waals surface area (Å²) in [6, 6.07) is 0. The molecule has 4 nitrogen and oxygen atoms in total. The van der Waals surface area contributed by atoms with Crippen LogP contribution in [0.5, 0.6) is 0 Å². The Kier molecular flexibility index (Phi) is 7.82. The summed E-state index contributed by atoms with van der Waals surface area (Å²) >= 11 is 0. The molecule has 4 heteroatoms. The third kappa shape index (κ3) is 7.31. The van der Waals surface area contributed by atoms with E-state index >= 15 is 0 Å². The van der Waals surface area contributed by atoms with Gasteiger partial charge in [0.05, 0.1) is 6.67 Å². The van der Waals surface area contributed by atoms with E-state index in [0.717, 1.165) is 0 Å². The van der Waals surface area contributed by atoms with Crippen molar-refractivity contribution < 1.29 is 0 Å². The molecule has 1 aliphatic rings. The van der Waals surface area contributed by atoms with E-state index in [1.165, 1.54) is 65.2 Å². The summed E-state index contributed by atoms with van der Waals surface area (Å²) in [6.07, 6.45) is 3.92. The Hall–Kier alpha value is -0.160. The van der Waals surface area contributed by atoms with Crippen molar-refractivity contribution >= 4 is 0 Å². The highest BCUT2D eigenvalue weighted by Crippen LogP contribution is 2.07. The molecule has 0 spiro atoms. The van der Waals surface area contributed by atoms with Crippen LogP contribution in [0.25, 0.3) is 0 Å². The smallest absolute Gasteiger partial charge is 0.0506 e. The van der Waals surface area contributed by atoms with Crippen LogP contribution in [0.4, 0.5) is 0 Å². The maximum absolute atomic E-state index is 2.61. The molecule has 0 radical (unpaired) electrons. The monoisotopic (exact) mass is 256 g/mol. The minimum atomic E-state index is 1.18. The standard InChI is InChI=1S/C14H32N4/c1-15(2)8-5-10-17-12-7-13-18(14-17)11-6-9-16(3)4/h5-14H2,1-4H3. The van der Waals surface area contributed by atoms with E-state index in [0.29, 0.717) is 0 Å². The molecule has 0 bridgehead atoms. The lowest BCUT2D eigenvalue weighted by Crippen LogP contribution is -2.46. The highest BCUT2D eigenvalue weighted by Gasteiger charge is 2.16. The Morgan fingerprint density at radius 2 is 1.22 bits per heavy atom. The van der Waals surface area contributed by atoms with Crippen LogP contribution in [0.3, 0.4) is 0 Å². The third-order valence-electron chi connectivity index (χ3n) is 3.51. The van der Waals surface area contributed by atoms with Gasteiger partial charge in [0.1, 0.15) is 0 Å². The first-order valence-electron chi connectivity index (χ1n) is 7.32. The van der Waals surface area contributed by atoms with Gasteiger partial charge in [0.25, 0.3) is 0 Å². The van der Waals surface area contributed by atoms with Gasteiger partial charge in [-0.2, -0.15) is 0 Å². The zero-order chi connectivity index (χ0) is 13.4. The lowest BCUT2D eigenvalue weighted by molar-refractivity contribution is 0.0808. The fraction of sp³-hybridized carbons (Fsp3) is 1.00. The van der Waals surface area contributed by atoms with Crippen molar-refractivity contribution in [1.29, 1.82) is 0 Å². The molecule has 0 unspecified atom stereocenters. The summed E-state index contributed by atoms with van der Waals surface area (Å²) in [4.78, 5) is 9.78. The second kappa shape index (κ2) is 8.86. The van der Waals surface area contributed by atoms with Crippen LogP contribution in [0, 0.1) is 0 Å². The van der Waals surface area contributed by atoms with Crippen LogP contribution in [0.15, 0.2) is 0 Å². The highest BCUT2D eigenvalue weighted by atomic mass is 15.3. The average Bonchev–Trinajstić information content (AvgIpc) is 2.28. The fourth-order valence-electron chi connectivity index (χ4n) is 2.53. The molecule has 108 valence electrons. The molecule has 0 aliphatic carbocycles. The normalized spacial score (nSPS) is 19.0. The molecule has 0 aromatic rings. The summed E-state index contributed by atoms with van der Waals surface area (Å²) < 4.78 is 0. The van der Waals surface area contributed by atoms with E-state index in [1.54, 1.807) is 0 Å². The Morgan fingerprint density at radius 1 is 0.778 bits per heavy atom. The number of rotatable bonds is 8. The summed E-state index contributed by atoms with van der Waals surface area (Å²) in [5.41, 5.74) is 0. The van der Waals surface area contributed by atoms with Crippen LogP contribution in [-0.2, 0) is 0 Å². The van der Waals surface area contributed by atoms with Crippen LogP contribution in [0.2, 0.25) is 0 Å². The lowest BCUT2D eigenvalue weighted by Gasteiger charge is -2.36. The molecule has 1 aliphatic heterocycles. The van der Waals surface area contributed by atoms with Crippen molar-refractivity contribution in [3.8, 4) is 0 Å². The van der Waals surface area contributed by atoms with Gasteiger partial charge in [-0.15, -0.1) is 0 Å². The third-order valence-corrected chi connectivity index (χ3v) is 3.51. The first-order chi connectivity index (χ1) is 8.58. The van der Waals surface area contributed by atoms with Crippen LogP contribution in [-0.4, -0.2) is 93.7 Å². The summed E-state index contributed by atoms with van der Waals surface area (Å²) in [5.74, 6) is 0. The van der Waals surface area contributed by atoms with Crippen LogP contribution < -0.4 is 0 Å². The largest absolute Gasteiger partial charge is 0.309 e. The molecule has 1 saturated heterocycles. The number of hydrogen-bond donors (Lipinski definition) is 0. The maximum atomic E-state index is 2.61. The van der Waals surface area contributed by atoms with Crippen molar-refractivity contribution in [3.05, 3.63) is 0 Å². The van der Waals surface area contributed by atoms with Crippen molar-refractivity contribution in [2.75, 3.05) is 74.1 Å². The van der Waals surface area contributed by atoms with Crippen molar-refractivity contribution in [2.24, 2.45) is 0 Å². The lowest BCUT2D eigenvalue weighted by atomic mass is 10.2. The molecule has 0 amide bonds. The van der Waals surface area contributed by atoms with Gasteiger partial charge in [0.15, 0.2) is 0 Å². The first kappa shape index (κ1) is 15.9. The SMILES string of the molecule is CN(C)CCCN1CCCN(CCCN(C)C)C1. The molecule has 0 atom stereocenters. The van der Waals surface area contributed by atoms with Crippen molar-refractivity contribution in [2.45, 2.75) is 19.3 Å².